The van der Waals surface area contributed by atoms with Gasteiger partial charge in [-0.3, -0.25) is 4.79 Å². The molecule has 0 unspecified atom stereocenters. The normalized spacial score (nSPS) is 13.3. The lowest BCUT2D eigenvalue weighted by Gasteiger charge is -2.29. The molecule has 3 heterocycles. The zero-order valence-corrected chi connectivity index (χ0v) is 16.5. The molecule has 2 aromatic heterocycles. The first-order valence-electron chi connectivity index (χ1n) is 9.90. The number of nitrogens with zero attached hydrogens (tertiary/aromatic N) is 5. The standard InChI is InChI=1S/C22H19FN6O2/c23-17-7-3-4-8-18(17)25-19(30)14-29-22(31)28-12-10-24-20(21(28)26-29)27-11-9-15-5-1-2-6-16(15)13-27/h1-8,10,12H,9,11,13-14H2,(H,25,30). The fraction of sp³-hybridized carbons (Fsp3) is 0.182. The van der Waals surface area contributed by atoms with E-state index in [0.717, 1.165) is 17.6 Å². The molecule has 0 bridgehead atoms. The molecule has 1 aliphatic heterocycles. The van der Waals surface area contributed by atoms with Gasteiger partial charge in [-0.1, -0.05) is 36.4 Å². The maximum absolute atomic E-state index is 13.8. The Labute approximate surface area is 176 Å². The number of halogens is 1. The van der Waals surface area contributed by atoms with Crippen LogP contribution in [0.4, 0.5) is 15.9 Å². The van der Waals surface area contributed by atoms with Crippen LogP contribution in [0.1, 0.15) is 11.1 Å². The lowest BCUT2D eigenvalue weighted by Crippen LogP contribution is -2.31. The van der Waals surface area contributed by atoms with Crippen LogP contribution in [0.5, 0.6) is 0 Å². The maximum atomic E-state index is 13.8. The molecule has 8 nitrogen and oxygen atoms in total. The number of benzene rings is 2. The van der Waals surface area contributed by atoms with Crippen LogP contribution in [0.25, 0.3) is 5.65 Å². The number of amides is 1. The Morgan fingerprint density at radius 2 is 1.87 bits per heavy atom. The van der Waals surface area contributed by atoms with E-state index in [1.54, 1.807) is 12.3 Å². The number of hydrogen-bond donors (Lipinski definition) is 1. The molecule has 4 aromatic rings. The Kier molecular flexibility index (Phi) is 4.70. The first-order valence-corrected chi connectivity index (χ1v) is 9.90. The van der Waals surface area contributed by atoms with Crippen LogP contribution in [-0.2, 0) is 24.3 Å². The number of hydrogen-bond acceptors (Lipinski definition) is 5. The number of nitrogens with one attached hydrogen (secondary N) is 1. The summed E-state index contributed by atoms with van der Waals surface area (Å²) in [7, 11) is 0. The molecular weight excluding hydrogens is 399 g/mol. The highest BCUT2D eigenvalue weighted by molar-refractivity contribution is 5.90. The second kappa shape index (κ2) is 7.67. The fourth-order valence-corrected chi connectivity index (χ4v) is 3.83. The van der Waals surface area contributed by atoms with E-state index in [1.807, 2.05) is 12.1 Å². The van der Waals surface area contributed by atoms with Crippen LogP contribution in [0.2, 0.25) is 0 Å². The van der Waals surface area contributed by atoms with Gasteiger partial charge in [0.1, 0.15) is 12.4 Å². The van der Waals surface area contributed by atoms with E-state index in [2.05, 4.69) is 32.4 Å². The Morgan fingerprint density at radius 3 is 2.71 bits per heavy atom. The molecule has 0 spiro atoms. The molecule has 0 fully saturated rings. The van der Waals surface area contributed by atoms with Crippen LogP contribution < -0.4 is 15.9 Å². The van der Waals surface area contributed by atoms with Crippen molar-refractivity contribution in [1.29, 1.82) is 0 Å². The van der Waals surface area contributed by atoms with Crippen molar-refractivity contribution < 1.29 is 9.18 Å². The summed E-state index contributed by atoms with van der Waals surface area (Å²) in [6, 6.07) is 14.1. The number of carbonyl (C=O) groups excluding carboxylic acids is 1. The van der Waals surface area contributed by atoms with Crippen LogP contribution in [0.15, 0.2) is 65.7 Å². The number of aromatic nitrogens is 4. The van der Waals surface area contributed by atoms with Crippen LogP contribution in [0, 0.1) is 5.82 Å². The minimum atomic E-state index is -0.546. The fourth-order valence-electron chi connectivity index (χ4n) is 3.83. The molecule has 0 aliphatic carbocycles. The Morgan fingerprint density at radius 1 is 1.10 bits per heavy atom. The van der Waals surface area contributed by atoms with Crippen LogP contribution in [0.3, 0.4) is 0 Å². The summed E-state index contributed by atoms with van der Waals surface area (Å²) in [6.07, 6.45) is 3.95. The van der Waals surface area contributed by atoms with Crippen molar-refractivity contribution >= 4 is 23.1 Å². The highest BCUT2D eigenvalue weighted by atomic mass is 19.1. The predicted molar refractivity (Wildman–Crippen MR) is 113 cm³/mol. The van der Waals surface area contributed by atoms with Crippen LogP contribution >= 0.6 is 0 Å². The lowest BCUT2D eigenvalue weighted by molar-refractivity contribution is -0.117. The summed E-state index contributed by atoms with van der Waals surface area (Å²) in [5, 5.41) is 6.83. The van der Waals surface area contributed by atoms with E-state index >= 15 is 0 Å². The number of fused-ring (bicyclic) bond motifs is 2. The van der Waals surface area contributed by atoms with Crippen molar-refractivity contribution in [2.45, 2.75) is 19.5 Å². The molecule has 0 radical (unpaired) electrons. The minimum absolute atomic E-state index is 0.0543. The smallest absolute Gasteiger partial charge is 0.349 e. The summed E-state index contributed by atoms with van der Waals surface area (Å²) in [4.78, 5) is 31.7. The number of rotatable bonds is 4. The number of carbonyl (C=O) groups is 1. The molecule has 5 rings (SSSR count). The van der Waals surface area contributed by atoms with E-state index in [1.165, 1.54) is 39.9 Å². The van der Waals surface area contributed by atoms with Gasteiger partial charge in [0.05, 0.1) is 5.69 Å². The Bertz CT molecular complexity index is 1350. The quantitative estimate of drug-likeness (QED) is 0.550. The average Bonchev–Trinajstić information content (AvgIpc) is 3.10. The van der Waals surface area contributed by atoms with E-state index in [0.29, 0.717) is 18.0 Å². The highest BCUT2D eigenvalue weighted by Crippen LogP contribution is 2.24. The second-order valence-electron chi connectivity index (χ2n) is 7.35. The van der Waals surface area contributed by atoms with E-state index in [9.17, 15) is 14.0 Å². The first-order chi connectivity index (χ1) is 15.1. The van der Waals surface area contributed by atoms with Crippen molar-refractivity contribution in [3.05, 3.63) is 88.4 Å². The summed E-state index contributed by atoms with van der Waals surface area (Å²) in [5.74, 6) is -0.505. The number of para-hydroxylation sites is 1. The molecule has 156 valence electrons. The summed E-state index contributed by atoms with van der Waals surface area (Å²) >= 11 is 0. The summed E-state index contributed by atoms with van der Waals surface area (Å²) in [5.41, 5.74) is 2.49. The minimum Gasteiger partial charge on any atom is -0.349 e. The van der Waals surface area contributed by atoms with Gasteiger partial charge >= 0.3 is 5.69 Å². The zero-order chi connectivity index (χ0) is 21.4. The molecule has 9 heteroatoms. The van der Waals surface area contributed by atoms with Gasteiger partial charge in [-0.2, -0.15) is 0 Å². The first kappa shape index (κ1) is 19.0. The van der Waals surface area contributed by atoms with Crippen molar-refractivity contribution in [1.82, 2.24) is 19.2 Å². The Hall–Kier alpha value is -4.01. The predicted octanol–water partition coefficient (Wildman–Crippen LogP) is 2.23. The molecule has 1 amide bonds. The zero-order valence-electron chi connectivity index (χ0n) is 16.5. The third-order valence-corrected chi connectivity index (χ3v) is 5.35. The second-order valence-corrected chi connectivity index (χ2v) is 7.35. The number of anilines is 2. The lowest BCUT2D eigenvalue weighted by atomic mass is 10.00. The topological polar surface area (TPSA) is 84.5 Å². The average molecular weight is 418 g/mol. The largest absolute Gasteiger partial charge is 0.350 e. The third-order valence-electron chi connectivity index (χ3n) is 5.35. The van der Waals surface area contributed by atoms with Gasteiger partial charge in [0, 0.05) is 25.5 Å². The molecular formula is C22H19FN6O2. The SMILES string of the molecule is O=C(Cn1nc2c(N3CCc4ccccc4C3)nccn2c1=O)Nc1ccccc1F. The van der Waals surface area contributed by atoms with Crippen molar-refractivity contribution in [2.75, 3.05) is 16.8 Å². The molecule has 31 heavy (non-hydrogen) atoms. The molecule has 0 atom stereocenters. The van der Waals surface area contributed by atoms with Gasteiger partial charge in [0.2, 0.25) is 11.6 Å². The van der Waals surface area contributed by atoms with Crippen molar-refractivity contribution in [3.8, 4) is 0 Å². The van der Waals surface area contributed by atoms with E-state index < -0.39 is 17.4 Å². The molecule has 2 aromatic carbocycles. The van der Waals surface area contributed by atoms with Crippen LogP contribution in [-0.4, -0.2) is 31.6 Å². The van der Waals surface area contributed by atoms with Gasteiger partial charge < -0.3 is 10.2 Å². The monoisotopic (exact) mass is 418 g/mol. The highest BCUT2D eigenvalue weighted by Gasteiger charge is 2.22. The van der Waals surface area contributed by atoms with Gasteiger partial charge in [0.25, 0.3) is 0 Å². The summed E-state index contributed by atoms with van der Waals surface area (Å²) in [6.45, 7) is 1.08. The summed E-state index contributed by atoms with van der Waals surface area (Å²) < 4.78 is 16.2. The molecule has 0 saturated carbocycles. The van der Waals surface area contributed by atoms with E-state index in [-0.39, 0.29) is 12.2 Å². The molecule has 1 N–H and O–H groups in total. The van der Waals surface area contributed by atoms with Gasteiger partial charge in [-0.05, 0) is 29.7 Å². The maximum Gasteiger partial charge on any atom is 0.350 e. The van der Waals surface area contributed by atoms with Crippen molar-refractivity contribution in [2.24, 2.45) is 0 Å². The van der Waals surface area contributed by atoms with E-state index in [4.69, 9.17) is 0 Å². The molecule has 0 saturated heterocycles. The van der Waals surface area contributed by atoms with Crippen molar-refractivity contribution in [3.63, 3.8) is 0 Å². The Balaban J connectivity index is 1.43. The van der Waals surface area contributed by atoms with Gasteiger partial charge in [-0.25, -0.2) is 23.3 Å². The molecule has 1 aliphatic rings. The van der Waals surface area contributed by atoms with Gasteiger partial charge in [-0.15, -0.1) is 5.10 Å². The van der Waals surface area contributed by atoms with Gasteiger partial charge in [0.15, 0.2) is 5.82 Å². The third kappa shape index (κ3) is 3.54.